The fraction of sp³-hybridized carbons (Fsp3) is 1.00. The first-order valence-corrected chi connectivity index (χ1v) is 5.64. The van der Waals surface area contributed by atoms with Gasteiger partial charge < -0.3 is 22.5 Å². The van der Waals surface area contributed by atoms with Crippen molar-refractivity contribution in [2.24, 2.45) is 17.2 Å². The first-order valence-electron chi connectivity index (χ1n) is 5.64. The van der Waals surface area contributed by atoms with Crippen LogP contribution in [-0.2, 0) is 0 Å². The molecule has 0 amide bonds. The van der Waals surface area contributed by atoms with E-state index in [1.54, 1.807) is 0 Å². The largest absolute Gasteiger partial charge is 0.330 e. The van der Waals surface area contributed by atoms with Gasteiger partial charge in [0.1, 0.15) is 0 Å². The van der Waals surface area contributed by atoms with E-state index in [1.807, 2.05) is 0 Å². The van der Waals surface area contributed by atoms with Crippen molar-refractivity contribution in [3.05, 3.63) is 0 Å². The first-order chi connectivity index (χ1) is 6.83. The summed E-state index contributed by atoms with van der Waals surface area (Å²) in [7, 11) is 0. The number of hydrogen-bond acceptors (Lipinski definition) is 4. The van der Waals surface area contributed by atoms with Gasteiger partial charge >= 0.3 is 0 Å². The molecule has 0 aromatic carbocycles. The van der Waals surface area contributed by atoms with E-state index < -0.39 is 0 Å². The molecule has 0 fully saturated rings. The second kappa shape index (κ2) is 18.6. The third-order valence-corrected chi connectivity index (χ3v) is 1.65. The van der Waals surface area contributed by atoms with E-state index in [9.17, 15) is 0 Å². The van der Waals surface area contributed by atoms with Crippen molar-refractivity contribution in [2.75, 3.05) is 32.7 Å². The highest BCUT2D eigenvalue weighted by molar-refractivity contribution is 4.49. The lowest BCUT2D eigenvalue weighted by Gasteiger charge is -2.01. The smallest absolute Gasteiger partial charge is 0.00369 e. The van der Waals surface area contributed by atoms with E-state index >= 15 is 0 Å². The molecule has 0 aromatic heterocycles. The standard InChI is InChI=1S/C7H19N3.C3H9N/c8-4-1-2-6-10-7-3-5-9;1-2-3-4/h10H,1-9H2;2-4H2,1H3. The minimum atomic E-state index is 0.782. The van der Waals surface area contributed by atoms with Gasteiger partial charge in [-0.1, -0.05) is 6.92 Å². The summed E-state index contributed by atoms with van der Waals surface area (Å²) in [5, 5.41) is 3.29. The summed E-state index contributed by atoms with van der Waals surface area (Å²) in [5.74, 6) is 0. The normalized spacial score (nSPS) is 9.43. The third-order valence-electron chi connectivity index (χ3n) is 1.65. The maximum Gasteiger partial charge on any atom is -0.00369 e. The highest BCUT2D eigenvalue weighted by Gasteiger charge is 1.85. The second-order valence-electron chi connectivity index (χ2n) is 3.18. The first kappa shape index (κ1) is 16.3. The maximum atomic E-state index is 5.32. The second-order valence-corrected chi connectivity index (χ2v) is 3.18. The van der Waals surface area contributed by atoms with Crippen LogP contribution in [0.1, 0.15) is 32.6 Å². The Bertz CT molecular complexity index is 68.5. The summed E-state index contributed by atoms with van der Waals surface area (Å²) in [6, 6.07) is 0. The molecule has 0 spiro atoms. The lowest BCUT2D eigenvalue weighted by atomic mass is 10.3. The molecular weight excluding hydrogens is 176 g/mol. The molecule has 7 N–H and O–H groups in total. The van der Waals surface area contributed by atoms with Crippen molar-refractivity contribution in [1.82, 2.24) is 5.32 Å². The summed E-state index contributed by atoms with van der Waals surface area (Å²) in [5.41, 5.74) is 15.7. The van der Waals surface area contributed by atoms with Gasteiger partial charge in [0, 0.05) is 0 Å². The van der Waals surface area contributed by atoms with Crippen LogP contribution < -0.4 is 22.5 Å². The molecule has 0 radical (unpaired) electrons. The van der Waals surface area contributed by atoms with E-state index in [-0.39, 0.29) is 0 Å². The van der Waals surface area contributed by atoms with Gasteiger partial charge in [0.25, 0.3) is 0 Å². The Morgan fingerprint density at radius 1 is 0.786 bits per heavy atom. The summed E-state index contributed by atoms with van der Waals surface area (Å²) >= 11 is 0. The Morgan fingerprint density at radius 2 is 1.29 bits per heavy atom. The SMILES string of the molecule is CCCN.NCCCCNCCCN. The fourth-order valence-electron chi connectivity index (χ4n) is 0.746. The van der Waals surface area contributed by atoms with Gasteiger partial charge in [-0.3, -0.25) is 0 Å². The van der Waals surface area contributed by atoms with Gasteiger partial charge in [-0.05, 0) is 58.4 Å². The average Bonchev–Trinajstić information content (AvgIpc) is 2.24. The number of rotatable bonds is 8. The van der Waals surface area contributed by atoms with Crippen molar-refractivity contribution in [2.45, 2.75) is 32.6 Å². The Hall–Kier alpha value is -0.160. The minimum Gasteiger partial charge on any atom is -0.330 e. The number of hydrogen-bond donors (Lipinski definition) is 4. The molecule has 4 heteroatoms. The van der Waals surface area contributed by atoms with Crippen molar-refractivity contribution in [3.63, 3.8) is 0 Å². The molecule has 14 heavy (non-hydrogen) atoms. The van der Waals surface area contributed by atoms with Crippen LogP contribution in [0, 0.1) is 0 Å². The van der Waals surface area contributed by atoms with Crippen molar-refractivity contribution in [1.29, 1.82) is 0 Å². The zero-order valence-corrected chi connectivity index (χ0v) is 9.60. The van der Waals surface area contributed by atoms with E-state index in [2.05, 4.69) is 12.2 Å². The van der Waals surface area contributed by atoms with Gasteiger partial charge in [0.15, 0.2) is 0 Å². The van der Waals surface area contributed by atoms with E-state index in [1.165, 1.54) is 6.42 Å². The van der Waals surface area contributed by atoms with Crippen LogP contribution in [0.3, 0.4) is 0 Å². The molecule has 88 valence electrons. The van der Waals surface area contributed by atoms with Crippen LogP contribution in [0.4, 0.5) is 0 Å². The van der Waals surface area contributed by atoms with Crippen LogP contribution >= 0.6 is 0 Å². The maximum absolute atomic E-state index is 5.32. The Morgan fingerprint density at radius 3 is 1.71 bits per heavy atom. The number of unbranched alkanes of at least 4 members (excludes halogenated alkanes) is 1. The van der Waals surface area contributed by atoms with Gasteiger partial charge in [0.2, 0.25) is 0 Å². The average molecular weight is 204 g/mol. The molecule has 0 aliphatic carbocycles. The molecule has 0 atom stereocenters. The van der Waals surface area contributed by atoms with E-state index in [4.69, 9.17) is 17.2 Å². The summed E-state index contributed by atoms with van der Waals surface area (Å²) in [6.07, 6.45) is 4.47. The van der Waals surface area contributed by atoms with Gasteiger partial charge in [-0.2, -0.15) is 0 Å². The lowest BCUT2D eigenvalue weighted by molar-refractivity contribution is 0.611. The molecule has 0 aliphatic heterocycles. The van der Waals surface area contributed by atoms with E-state index in [0.29, 0.717) is 0 Å². The summed E-state index contributed by atoms with van der Waals surface area (Å²) in [6.45, 7) is 6.58. The topological polar surface area (TPSA) is 90.1 Å². The zero-order chi connectivity index (χ0) is 11.1. The number of nitrogens with two attached hydrogens (primary N) is 3. The lowest BCUT2D eigenvalue weighted by Crippen LogP contribution is -2.19. The van der Waals surface area contributed by atoms with Crippen molar-refractivity contribution >= 4 is 0 Å². The fourth-order valence-corrected chi connectivity index (χ4v) is 0.746. The molecule has 0 rings (SSSR count). The predicted molar refractivity (Wildman–Crippen MR) is 64.2 cm³/mol. The van der Waals surface area contributed by atoms with Crippen LogP contribution in [0.2, 0.25) is 0 Å². The molecule has 0 saturated heterocycles. The molecule has 4 nitrogen and oxygen atoms in total. The molecule has 0 bridgehead atoms. The third kappa shape index (κ3) is 22.6. The highest BCUT2D eigenvalue weighted by atomic mass is 14.8. The molecule has 0 saturated carbocycles. The molecule has 0 aromatic rings. The summed E-state index contributed by atoms with van der Waals surface area (Å²) < 4.78 is 0. The van der Waals surface area contributed by atoms with Crippen LogP contribution in [0.5, 0.6) is 0 Å². The molecular formula is C10H28N4. The Labute approximate surface area is 88.6 Å². The summed E-state index contributed by atoms with van der Waals surface area (Å²) in [4.78, 5) is 0. The van der Waals surface area contributed by atoms with E-state index in [0.717, 1.165) is 52.0 Å². The quantitative estimate of drug-likeness (QED) is 0.420. The van der Waals surface area contributed by atoms with Crippen LogP contribution in [0.15, 0.2) is 0 Å². The molecule has 0 unspecified atom stereocenters. The van der Waals surface area contributed by atoms with Crippen LogP contribution in [-0.4, -0.2) is 32.7 Å². The zero-order valence-electron chi connectivity index (χ0n) is 9.60. The van der Waals surface area contributed by atoms with Gasteiger partial charge in [0.05, 0.1) is 0 Å². The number of nitrogens with one attached hydrogen (secondary N) is 1. The van der Waals surface area contributed by atoms with Crippen molar-refractivity contribution in [3.8, 4) is 0 Å². The Kier molecular flexibility index (Phi) is 21.6. The predicted octanol–water partition coefficient (Wildman–Crippen LogP) is 0.0188. The van der Waals surface area contributed by atoms with Gasteiger partial charge in [-0.15, -0.1) is 0 Å². The Balaban J connectivity index is 0. The van der Waals surface area contributed by atoms with Crippen molar-refractivity contribution < 1.29 is 0 Å². The molecule has 0 aliphatic rings. The van der Waals surface area contributed by atoms with Crippen LogP contribution in [0.25, 0.3) is 0 Å². The molecule has 0 heterocycles. The highest BCUT2D eigenvalue weighted by Crippen LogP contribution is 1.81. The minimum absolute atomic E-state index is 0.782. The van der Waals surface area contributed by atoms with Gasteiger partial charge in [-0.25, -0.2) is 0 Å². The monoisotopic (exact) mass is 204 g/mol.